The summed E-state index contributed by atoms with van der Waals surface area (Å²) in [5.41, 5.74) is 1.05. The van der Waals surface area contributed by atoms with Crippen molar-refractivity contribution in [2.45, 2.75) is 59.2 Å². The molecule has 0 atom stereocenters. The van der Waals surface area contributed by atoms with Crippen molar-refractivity contribution in [2.75, 3.05) is 23.7 Å². The Morgan fingerprint density at radius 2 is 1.82 bits per heavy atom. The van der Waals surface area contributed by atoms with Crippen LogP contribution in [0.1, 0.15) is 46.1 Å². The predicted molar refractivity (Wildman–Crippen MR) is 121 cm³/mol. The largest absolute Gasteiger partial charge is 0.528 e. The summed E-state index contributed by atoms with van der Waals surface area (Å²) in [4.78, 5) is 40.9. The van der Waals surface area contributed by atoms with Gasteiger partial charge in [0, 0.05) is 38.9 Å². The minimum Gasteiger partial charge on any atom is -0.474 e. The van der Waals surface area contributed by atoms with E-state index in [0.717, 1.165) is 11.3 Å². The molecule has 11 nitrogen and oxygen atoms in total. The molecular formula is C22H30N6O5. The molecule has 0 unspecified atom stereocenters. The van der Waals surface area contributed by atoms with Gasteiger partial charge in [-0.1, -0.05) is 0 Å². The number of pyridine rings is 1. The molecule has 1 amide bonds. The van der Waals surface area contributed by atoms with Crippen LogP contribution in [0.2, 0.25) is 0 Å². The monoisotopic (exact) mass is 458 g/mol. The van der Waals surface area contributed by atoms with E-state index in [4.69, 9.17) is 14.3 Å². The lowest BCUT2D eigenvalue weighted by Crippen LogP contribution is -2.40. The molecule has 11 heteroatoms. The van der Waals surface area contributed by atoms with Crippen molar-refractivity contribution in [3.8, 4) is 5.88 Å². The number of nitrogens with one attached hydrogen (secondary N) is 2. The fourth-order valence-corrected chi connectivity index (χ4v) is 3.13. The number of anilines is 3. The van der Waals surface area contributed by atoms with E-state index >= 15 is 0 Å². The summed E-state index contributed by atoms with van der Waals surface area (Å²) in [6.45, 7) is 9.77. The number of aryl methyl sites for hydroxylation is 1. The van der Waals surface area contributed by atoms with E-state index in [2.05, 4.69) is 25.6 Å². The molecule has 1 fully saturated rings. The van der Waals surface area contributed by atoms with Gasteiger partial charge in [0.05, 0.1) is 11.9 Å². The Morgan fingerprint density at radius 1 is 1.09 bits per heavy atom. The summed E-state index contributed by atoms with van der Waals surface area (Å²) in [7, 11) is 0. The normalized spacial score (nSPS) is 14.9. The zero-order valence-electron chi connectivity index (χ0n) is 19.5. The number of piperidine rings is 1. The van der Waals surface area contributed by atoms with E-state index in [0.29, 0.717) is 43.4 Å². The molecule has 0 aliphatic carbocycles. The van der Waals surface area contributed by atoms with Crippen molar-refractivity contribution in [3.05, 3.63) is 30.2 Å². The van der Waals surface area contributed by atoms with Gasteiger partial charge in [-0.3, -0.25) is 4.79 Å². The fourth-order valence-electron chi connectivity index (χ4n) is 3.13. The number of hydroxylamine groups is 2. The molecule has 178 valence electrons. The molecule has 2 aromatic heterocycles. The smallest absolute Gasteiger partial charge is 0.474 e. The number of aromatic nitrogens is 3. The summed E-state index contributed by atoms with van der Waals surface area (Å²) in [6.07, 6.45) is 3.62. The van der Waals surface area contributed by atoms with Crippen LogP contribution in [0.3, 0.4) is 0 Å². The highest BCUT2D eigenvalue weighted by molar-refractivity contribution is 5.87. The highest BCUT2D eigenvalue weighted by Gasteiger charge is 2.26. The van der Waals surface area contributed by atoms with Gasteiger partial charge in [-0.2, -0.15) is 0 Å². The first-order valence-electron chi connectivity index (χ1n) is 10.7. The van der Waals surface area contributed by atoms with Crippen LogP contribution < -0.4 is 15.4 Å². The SMILES string of the molecule is CC(=O)Nc1cc(C)c(Nc2cc(OC3CCN(OC(=O)OC(C)(C)C)CC3)ncn2)cn1. The van der Waals surface area contributed by atoms with Gasteiger partial charge in [-0.15, -0.1) is 5.06 Å². The van der Waals surface area contributed by atoms with Gasteiger partial charge >= 0.3 is 6.16 Å². The summed E-state index contributed by atoms with van der Waals surface area (Å²) < 4.78 is 11.2. The summed E-state index contributed by atoms with van der Waals surface area (Å²) >= 11 is 0. The fraction of sp³-hybridized carbons (Fsp3) is 0.500. The first kappa shape index (κ1) is 24.2. The molecule has 2 N–H and O–H groups in total. The Bertz CT molecular complexity index is 985. The van der Waals surface area contributed by atoms with Gasteiger partial charge in [-0.05, 0) is 39.3 Å². The van der Waals surface area contributed by atoms with Crippen molar-refractivity contribution in [1.82, 2.24) is 20.0 Å². The highest BCUT2D eigenvalue weighted by Crippen LogP contribution is 2.24. The third-order valence-corrected chi connectivity index (χ3v) is 4.60. The van der Waals surface area contributed by atoms with Crippen molar-refractivity contribution in [1.29, 1.82) is 0 Å². The minimum atomic E-state index is -0.705. The number of hydrogen-bond acceptors (Lipinski definition) is 10. The van der Waals surface area contributed by atoms with Gasteiger partial charge < -0.3 is 24.9 Å². The van der Waals surface area contributed by atoms with Crippen LogP contribution in [0.15, 0.2) is 24.7 Å². The van der Waals surface area contributed by atoms with E-state index in [1.54, 1.807) is 44.2 Å². The molecule has 0 spiro atoms. The molecule has 3 rings (SSSR count). The predicted octanol–water partition coefficient (Wildman–Crippen LogP) is 3.59. The van der Waals surface area contributed by atoms with Crippen molar-refractivity contribution in [3.63, 3.8) is 0 Å². The average Bonchev–Trinajstić information content (AvgIpc) is 2.70. The molecule has 1 aliphatic rings. The second kappa shape index (κ2) is 10.4. The lowest BCUT2D eigenvalue weighted by atomic mass is 10.1. The maximum atomic E-state index is 11.8. The number of carbonyl (C=O) groups is 2. The topological polar surface area (TPSA) is 128 Å². The molecule has 1 aliphatic heterocycles. The second-order valence-corrected chi connectivity index (χ2v) is 8.73. The van der Waals surface area contributed by atoms with Crippen LogP contribution in [-0.2, 0) is 14.4 Å². The first-order valence-corrected chi connectivity index (χ1v) is 10.7. The zero-order valence-corrected chi connectivity index (χ0v) is 19.5. The Kier molecular flexibility index (Phi) is 7.64. The van der Waals surface area contributed by atoms with Crippen molar-refractivity contribution < 1.29 is 23.9 Å². The molecule has 33 heavy (non-hydrogen) atoms. The van der Waals surface area contributed by atoms with Crippen LogP contribution in [0.25, 0.3) is 0 Å². The molecule has 3 heterocycles. The Labute approximate surface area is 192 Å². The van der Waals surface area contributed by atoms with Gasteiger partial charge in [0.15, 0.2) is 0 Å². The maximum absolute atomic E-state index is 11.8. The Morgan fingerprint density at radius 3 is 2.45 bits per heavy atom. The van der Waals surface area contributed by atoms with Crippen LogP contribution in [0.4, 0.5) is 22.1 Å². The van der Waals surface area contributed by atoms with E-state index < -0.39 is 11.8 Å². The molecular weight excluding hydrogens is 428 g/mol. The molecule has 0 saturated carbocycles. The Hall–Kier alpha value is -3.47. The van der Waals surface area contributed by atoms with Gasteiger partial charge in [0.1, 0.15) is 29.7 Å². The first-order chi connectivity index (χ1) is 15.6. The van der Waals surface area contributed by atoms with E-state index in [1.165, 1.54) is 13.3 Å². The quantitative estimate of drug-likeness (QED) is 0.620. The number of carbonyl (C=O) groups excluding carboxylic acids is 2. The zero-order chi connectivity index (χ0) is 24.0. The number of ether oxygens (including phenoxy) is 2. The third kappa shape index (κ3) is 7.86. The Balaban J connectivity index is 1.52. The van der Waals surface area contributed by atoms with Crippen molar-refractivity contribution in [2.24, 2.45) is 0 Å². The van der Waals surface area contributed by atoms with E-state index in [9.17, 15) is 9.59 Å². The van der Waals surface area contributed by atoms with Gasteiger partial charge in [0.2, 0.25) is 11.8 Å². The summed E-state index contributed by atoms with van der Waals surface area (Å²) in [6, 6.07) is 3.49. The van der Waals surface area contributed by atoms with Crippen molar-refractivity contribution >= 4 is 29.4 Å². The van der Waals surface area contributed by atoms with Crippen LogP contribution >= 0.6 is 0 Å². The maximum Gasteiger partial charge on any atom is 0.528 e. The van der Waals surface area contributed by atoms with Gasteiger partial charge in [0.25, 0.3) is 0 Å². The average molecular weight is 459 g/mol. The second-order valence-electron chi connectivity index (χ2n) is 8.73. The van der Waals surface area contributed by atoms with E-state index in [1.807, 2.05) is 6.92 Å². The van der Waals surface area contributed by atoms with Gasteiger partial charge in [-0.25, -0.2) is 19.7 Å². The highest BCUT2D eigenvalue weighted by atomic mass is 16.8. The van der Waals surface area contributed by atoms with Crippen LogP contribution in [0, 0.1) is 6.92 Å². The summed E-state index contributed by atoms with van der Waals surface area (Å²) in [5.74, 6) is 1.31. The molecule has 2 aromatic rings. The van der Waals surface area contributed by atoms with Crippen LogP contribution in [0.5, 0.6) is 5.88 Å². The number of nitrogens with zero attached hydrogens (tertiary/aromatic N) is 4. The molecule has 1 saturated heterocycles. The number of hydrogen-bond donors (Lipinski definition) is 2. The van der Waals surface area contributed by atoms with Crippen LogP contribution in [-0.4, -0.2) is 56.9 Å². The molecule has 0 bridgehead atoms. The molecule has 0 radical (unpaired) electrons. The number of rotatable bonds is 6. The standard InChI is InChI=1S/C22H30N6O5/c1-14-10-18(26-15(2)29)23-12-17(14)27-19-11-20(25-13-24-19)31-16-6-8-28(9-7-16)33-21(30)32-22(3,4)5/h10-13,16H,6-9H2,1-5H3,(H,23,26,29)(H,24,25,27). The van der Waals surface area contributed by atoms with E-state index in [-0.39, 0.29) is 12.0 Å². The lowest BCUT2D eigenvalue weighted by Gasteiger charge is -2.30. The third-order valence-electron chi connectivity index (χ3n) is 4.60. The lowest BCUT2D eigenvalue weighted by molar-refractivity contribution is -0.159. The minimum absolute atomic E-state index is 0.0634. The summed E-state index contributed by atoms with van der Waals surface area (Å²) in [5, 5.41) is 7.43. The number of amides is 1. The molecule has 0 aromatic carbocycles.